The summed E-state index contributed by atoms with van der Waals surface area (Å²) in [5, 5.41) is 6.60. The minimum Gasteiger partial charge on any atom is -0.457 e. The van der Waals surface area contributed by atoms with E-state index in [1.54, 1.807) is 20.2 Å². The summed E-state index contributed by atoms with van der Waals surface area (Å²) in [7, 11) is 5.56. The summed E-state index contributed by atoms with van der Waals surface area (Å²) < 4.78 is 10.5. The van der Waals surface area contributed by atoms with Crippen LogP contribution in [0.2, 0.25) is 0 Å². The number of carbonyl (C=O) groups excluding carboxylic acids is 1. The van der Waals surface area contributed by atoms with Crippen molar-refractivity contribution in [2.75, 3.05) is 47.4 Å². The highest BCUT2D eigenvalue weighted by atomic mass is 16.5. The summed E-state index contributed by atoms with van der Waals surface area (Å²) in [5.74, 6) is 0.395. The summed E-state index contributed by atoms with van der Waals surface area (Å²) >= 11 is 0. The van der Waals surface area contributed by atoms with Crippen molar-refractivity contribution in [1.82, 2.24) is 15.5 Å². The van der Waals surface area contributed by atoms with Crippen LogP contribution in [0, 0.1) is 0 Å². The van der Waals surface area contributed by atoms with Gasteiger partial charge in [0, 0.05) is 46.9 Å². The molecule has 7 heteroatoms. The molecular formula is C24H34N4O3. The number of nitrogens with one attached hydrogen (secondary N) is 2. The lowest BCUT2D eigenvalue weighted by molar-refractivity contribution is 0.0472. The molecule has 0 spiro atoms. The summed E-state index contributed by atoms with van der Waals surface area (Å²) in [6.07, 6.45) is 1.02. The minimum absolute atomic E-state index is 0.263. The number of likely N-dealkylation sites (N-methyl/N-ethyl adjacent to an activating group) is 1. The van der Waals surface area contributed by atoms with E-state index in [9.17, 15) is 4.79 Å². The molecule has 0 unspecified atom stereocenters. The molecule has 0 fully saturated rings. The van der Waals surface area contributed by atoms with Crippen LogP contribution in [0.5, 0.6) is 0 Å². The molecule has 0 aliphatic rings. The molecule has 168 valence electrons. The van der Waals surface area contributed by atoms with E-state index >= 15 is 0 Å². The van der Waals surface area contributed by atoms with E-state index in [2.05, 4.69) is 27.6 Å². The van der Waals surface area contributed by atoms with Crippen molar-refractivity contribution in [3.05, 3.63) is 71.3 Å². The lowest BCUT2D eigenvalue weighted by Crippen LogP contribution is -2.40. The summed E-state index contributed by atoms with van der Waals surface area (Å²) in [5.41, 5.74) is 2.48. The number of benzene rings is 2. The Morgan fingerprint density at radius 1 is 1.03 bits per heavy atom. The van der Waals surface area contributed by atoms with Crippen molar-refractivity contribution in [3.8, 4) is 0 Å². The predicted molar refractivity (Wildman–Crippen MR) is 124 cm³/mol. The first kappa shape index (κ1) is 24.4. The van der Waals surface area contributed by atoms with Crippen LogP contribution in [-0.4, -0.2) is 64.3 Å². The molecule has 0 radical (unpaired) electrons. The number of aliphatic imine (C=N–C) groups is 1. The Bertz CT molecular complexity index is 811. The maximum Gasteiger partial charge on any atom is 0.338 e. The molecule has 2 aromatic rings. The molecule has 0 aromatic heterocycles. The molecule has 2 aromatic carbocycles. The van der Waals surface area contributed by atoms with Gasteiger partial charge in [-0.2, -0.15) is 0 Å². The Morgan fingerprint density at radius 3 is 2.55 bits per heavy atom. The van der Waals surface area contributed by atoms with Crippen molar-refractivity contribution >= 4 is 11.9 Å². The van der Waals surface area contributed by atoms with E-state index in [0.717, 1.165) is 49.7 Å². The quantitative estimate of drug-likeness (QED) is 0.235. The van der Waals surface area contributed by atoms with E-state index in [1.807, 2.05) is 48.5 Å². The fraction of sp³-hybridized carbons (Fsp3) is 0.417. The molecule has 0 saturated carbocycles. The molecule has 0 aliphatic carbocycles. The topological polar surface area (TPSA) is 75.2 Å². The number of hydrogen-bond donors (Lipinski definition) is 2. The first-order chi connectivity index (χ1) is 15.1. The van der Waals surface area contributed by atoms with Crippen molar-refractivity contribution < 1.29 is 14.3 Å². The SMILES string of the molecule is CN=C(NCCN(C)CCCOC)NCc1cccc(C(=O)OCc2ccccc2)c1. The Balaban J connectivity index is 1.76. The zero-order valence-electron chi connectivity index (χ0n) is 18.8. The molecule has 0 bridgehead atoms. The van der Waals surface area contributed by atoms with Gasteiger partial charge in [0.1, 0.15) is 6.61 Å². The van der Waals surface area contributed by atoms with Gasteiger partial charge in [-0.05, 0) is 36.7 Å². The molecule has 0 atom stereocenters. The molecule has 2 rings (SSSR count). The summed E-state index contributed by atoms with van der Waals surface area (Å²) in [4.78, 5) is 18.9. The van der Waals surface area contributed by atoms with Crippen LogP contribution in [-0.2, 0) is 22.6 Å². The number of esters is 1. The summed E-state index contributed by atoms with van der Waals surface area (Å²) in [6, 6.07) is 17.1. The number of nitrogens with zero attached hydrogens (tertiary/aromatic N) is 2. The van der Waals surface area contributed by atoms with Gasteiger partial charge in [-0.3, -0.25) is 4.99 Å². The average Bonchev–Trinajstić information content (AvgIpc) is 2.80. The van der Waals surface area contributed by atoms with Gasteiger partial charge in [0.2, 0.25) is 0 Å². The van der Waals surface area contributed by atoms with Gasteiger partial charge in [-0.1, -0.05) is 42.5 Å². The first-order valence-corrected chi connectivity index (χ1v) is 10.5. The van der Waals surface area contributed by atoms with Gasteiger partial charge >= 0.3 is 5.97 Å². The van der Waals surface area contributed by atoms with Crippen LogP contribution in [0.15, 0.2) is 59.6 Å². The predicted octanol–water partition coefficient (Wildman–Crippen LogP) is 2.68. The standard InChI is InChI=1S/C24H34N4O3/c1-25-24(26-13-15-28(2)14-8-16-30-3)27-18-21-11-7-12-22(17-21)23(29)31-19-20-9-5-4-6-10-20/h4-7,9-12,17H,8,13-16,18-19H2,1-3H3,(H2,25,26,27). The van der Waals surface area contributed by atoms with Gasteiger partial charge in [0.25, 0.3) is 0 Å². The minimum atomic E-state index is -0.329. The molecular weight excluding hydrogens is 392 g/mol. The van der Waals surface area contributed by atoms with Gasteiger partial charge < -0.3 is 25.0 Å². The van der Waals surface area contributed by atoms with E-state index in [0.29, 0.717) is 12.1 Å². The summed E-state index contributed by atoms with van der Waals surface area (Å²) in [6.45, 7) is 4.29. The van der Waals surface area contributed by atoms with Crippen LogP contribution in [0.1, 0.15) is 27.9 Å². The number of carbonyl (C=O) groups is 1. The zero-order valence-corrected chi connectivity index (χ0v) is 18.8. The highest BCUT2D eigenvalue weighted by Crippen LogP contribution is 2.09. The Morgan fingerprint density at radius 2 is 1.81 bits per heavy atom. The van der Waals surface area contributed by atoms with E-state index in [4.69, 9.17) is 9.47 Å². The third-order valence-corrected chi connectivity index (χ3v) is 4.73. The number of methoxy groups -OCH3 is 1. The van der Waals surface area contributed by atoms with Gasteiger partial charge in [0.05, 0.1) is 5.56 Å². The second-order valence-corrected chi connectivity index (χ2v) is 7.26. The zero-order chi connectivity index (χ0) is 22.3. The second-order valence-electron chi connectivity index (χ2n) is 7.26. The number of hydrogen-bond acceptors (Lipinski definition) is 5. The Labute approximate surface area is 185 Å². The van der Waals surface area contributed by atoms with E-state index < -0.39 is 0 Å². The molecule has 31 heavy (non-hydrogen) atoms. The molecule has 0 saturated heterocycles. The molecule has 7 nitrogen and oxygen atoms in total. The maximum absolute atomic E-state index is 12.4. The second kappa shape index (κ2) is 14.2. The molecule has 0 heterocycles. The van der Waals surface area contributed by atoms with Crippen LogP contribution in [0.3, 0.4) is 0 Å². The van der Waals surface area contributed by atoms with Crippen LogP contribution >= 0.6 is 0 Å². The van der Waals surface area contributed by atoms with Gasteiger partial charge in [-0.15, -0.1) is 0 Å². The lowest BCUT2D eigenvalue weighted by atomic mass is 10.1. The monoisotopic (exact) mass is 426 g/mol. The molecule has 2 N–H and O–H groups in total. The smallest absolute Gasteiger partial charge is 0.338 e. The van der Waals surface area contributed by atoms with Crippen molar-refractivity contribution in [3.63, 3.8) is 0 Å². The van der Waals surface area contributed by atoms with Crippen LogP contribution < -0.4 is 10.6 Å². The van der Waals surface area contributed by atoms with E-state index in [1.165, 1.54) is 0 Å². The highest BCUT2D eigenvalue weighted by Gasteiger charge is 2.09. The van der Waals surface area contributed by atoms with Crippen LogP contribution in [0.25, 0.3) is 0 Å². The van der Waals surface area contributed by atoms with Gasteiger partial charge in [-0.25, -0.2) is 4.79 Å². The largest absolute Gasteiger partial charge is 0.457 e. The Hall–Kier alpha value is -2.90. The fourth-order valence-corrected chi connectivity index (χ4v) is 2.98. The van der Waals surface area contributed by atoms with Gasteiger partial charge in [0.15, 0.2) is 5.96 Å². The van der Waals surface area contributed by atoms with Crippen LogP contribution in [0.4, 0.5) is 0 Å². The van der Waals surface area contributed by atoms with Crippen molar-refractivity contribution in [2.45, 2.75) is 19.6 Å². The number of rotatable bonds is 12. The third kappa shape index (κ3) is 9.63. The normalized spacial score (nSPS) is 11.4. The third-order valence-electron chi connectivity index (χ3n) is 4.73. The maximum atomic E-state index is 12.4. The average molecular weight is 427 g/mol. The molecule has 0 aliphatic heterocycles. The Kier molecular flexibility index (Phi) is 11.1. The van der Waals surface area contributed by atoms with Crippen molar-refractivity contribution in [2.24, 2.45) is 4.99 Å². The number of guanidine groups is 1. The fourth-order valence-electron chi connectivity index (χ4n) is 2.98. The van der Waals surface area contributed by atoms with Crippen molar-refractivity contribution in [1.29, 1.82) is 0 Å². The number of ether oxygens (including phenoxy) is 2. The highest BCUT2D eigenvalue weighted by molar-refractivity contribution is 5.89. The van der Waals surface area contributed by atoms with E-state index in [-0.39, 0.29) is 12.6 Å². The lowest BCUT2D eigenvalue weighted by Gasteiger charge is -2.18. The first-order valence-electron chi connectivity index (χ1n) is 10.5. The molecule has 0 amide bonds.